The number of aliphatic carboxylic acids is 2. The molecule has 0 saturated carbocycles. The second-order valence-electron chi connectivity index (χ2n) is 10.3. The van der Waals surface area contributed by atoms with Gasteiger partial charge in [0.15, 0.2) is 28.9 Å². The highest BCUT2D eigenvalue weighted by molar-refractivity contribution is 7.21. The van der Waals surface area contributed by atoms with Gasteiger partial charge in [-0.1, -0.05) is 13.8 Å². The first-order valence-electron chi connectivity index (χ1n) is 13.8. The van der Waals surface area contributed by atoms with E-state index in [1.165, 1.54) is 38.4 Å². The molecule has 0 aliphatic heterocycles. The summed E-state index contributed by atoms with van der Waals surface area (Å²) in [7, 11) is 3.13. The van der Waals surface area contributed by atoms with Gasteiger partial charge in [-0.25, -0.2) is 4.39 Å². The number of thiophene rings is 2. The average molecular weight is 646 g/mol. The number of methoxy groups -OCH3 is 1. The average Bonchev–Trinajstić information content (AvgIpc) is 3.61. The highest BCUT2D eigenvalue weighted by Crippen LogP contribution is 2.41. The summed E-state index contributed by atoms with van der Waals surface area (Å²) in [4.78, 5) is 48.1. The minimum absolute atomic E-state index is 0.0829. The van der Waals surface area contributed by atoms with Gasteiger partial charge in [0, 0.05) is 47.2 Å². The van der Waals surface area contributed by atoms with Crippen molar-refractivity contribution >= 4 is 72.0 Å². The molecule has 3 N–H and O–H groups in total. The molecule has 44 heavy (non-hydrogen) atoms. The van der Waals surface area contributed by atoms with E-state index in [0.29, 0.717) is 27.4 Å². The molecule has 13 heteroatoms. The Morgan fingerprint density at radius 3 is 2.02 bits per heavy atom. The van der Waals surface area contributed by atoms with Crippen LogP contribution in [0.2, 0.25) is 0 Å². The molecular weight excluding hydrogens is 613 g/mol. The van der Waals surface area contributed by atoms with Crippen molar-refractivity contribution in [1.29, 1.82) is 0 Å². The minimum atomic E-state index is -1.08. The summed E-state index contributed by atoms with van der Waals surface area (Å²) >= 11 is 2.36. The van der Waals surface area contributed by atoms with Crippen LogP contribution in [-0.4, -0.2) is 61.1 Å². The number of rotatable bonds is 16. The van der Waals surface area contributed by atoms with Crippen LogP contribution in [0.25, 0.3) is 20.2 Å². The monoisotopic (exact) mass is 645 g/mol. The fourth-order valence-corrected chi connectivity index (χ4v) is 6.46. The Morgan fingerprint density at radius 2 is 1.43 bits per heavy atom. The first-order valence-corrected chi connectivity index (χ1v) is 15.4. The molecule has 0 radical (unpaired) electrons. The molecule has 0 fully saturated rings. The molecule has 0 amide bonds. The second-order valence-corrected chi connectivity index (χ2v) is 12.4. The van der Waals surface area contributed by atoms with Gasteiger partial charge in [-0.3, -0.25) is 19.2 Å². The van der Waals surface area contributed by atoms with E-state index < -0.39 is 29.6 Å². The van der Waals surface area contributed by atoms with Gasteiger partial charge in [-0.2, -0.15) is 0 Å². The van der Waals surface area contributed by atoms with Crippen LogP contribution >= 0.6 is 22.7 Å². The second kappa shape index (κ2) is 14.0. The maximum absolute atomic E-state index is 15.5. The summed E-state index contributed by atoms with van der Waals surface area (Å²) in [5, 5.41) is 22.3. The third-order valence-electron chi connectivity index (χ3n) is 6.96. The van der Waals surface area contributed by atoms with Gasteiger partial charge in [0.2, 0.25) is 0 Å². The predicted octanol–water partition coefficient (Wildman–Crippen LogP) is 6.74. The van der Waals surface area contributed by atoms with Gasteiger partial charge < -0.3 is 29.7 Å². The smallest absolute Gasteiger partial charge is 0.306 e. The van der Waals surface area contributed by atoms with Crippen molar-refractivity contribution in [3.8, 4) is 17.2 Å². The minimum Gasteiger partial charge on any atom is -0.493 e. The van der Waals surface area contributed by atoms with Gasteiger partial charge in [0.05, 0.1) is 47.6 Å². The molecule has 2 heterocycles. The van der Waals surface area contributed by atoms with Gasteiger partial charge in [-0.15, -0.1) is 22.7 Å². The lowest BCUT2D eigenvalue weighted by Gasteiger charge is -2.14. The van der Waals surface area contributed by atoms with E-state index in [-0.39, 0.29) is 59.4 Å². The van der Waals surface area contributed by atoms with Gasteiger partial charge in [0.1, 0.15) is 5.75 Å². The maximum Gasteiger partial charge on any atom is 0.306 e. The third kappa shape index (κ3) is 7.28. The van der Waals surface area contributed by atoms with Crippen LogP contribution in [0.15, 0.2) is 30.3 Å². The van der Waals surface area contributed by atoms with Crippen molar-refractivity contribution in [3.63, 3.8) is 0 Å². The number of hydrogen-bond acceptors (Lipinski definition) is 10. The number of halogens is 1. The van der Waals surface area contributed by atoms with Crippen LogP contribution in [0.3, 0.4) is 0 Å². The molecule has 4 aromatic rings. The summed E-state index contributed by atoms with van der Waals surface area (Å²) in [5.74, 6) is -4.39. The molecule has 0 unspecified atom stereocenters. The number of hydrogen-bond donors (Lipinski definition) is 3. The fourth-order valence-electron chi connectivity index (χ4n) is 4.39. The standard InChI is InChI=1S/C31H32FNO9S2/c1-15(30(36)37)8-20(34)26-11-17-10-22(19(33-3)13-24(17)43-26)41-6-5-7-42-29-23(40-4)14-25-18(28(29)32)12-27(44-25)21(35)9-16(2)31(38)39/h10-16,33H,5-9H2,1-4H3,(H,36,37)(H,38,39)/t15-,16-/m0/s1. The molecule has 0 aliphatic carbocycles. The van der Waals surface area contributed by atoms with Crippen molar-refractivity contribution < 1.29 is 48.0 Å². The maximum atomic E-state index is 15.5. The van der Waals surface area contributed by atoms with Crippen molar-refractivity contribution in [1.82, 2.24) is 0 Å². The highest BCUT2D eigenvalue weighted by atomic mass is 32.1. The Labute approximate surface area is 260 Å². The number of carbonyl (C=O) groups is 4. The first-order chi connectivity index (χ1) is 20.9. The molecule has 4 rings (SSSR count). The number of benzene rings is 2. The summed E-state index contributed by atoms with van der Waals surface area (Å²) < 4.78 is 33.9. The number of ether oxygens (including phenoxy) is 3. The molecule has 0 spiro atoms. The number of fused-ring (bicyclic) bond motifs is 2. The van der Waals surface area contributed by atoms with Crippen LogP contribution in [0.5, 0.6) is 17.2 Å². The van der Waals surface area contributed by atoms with Crippen LogP contribution in [0, 0.1) is 17.7 Å². The molecule has 0 bridgehead atoms. The van der Waals surface area contributed by atoms with E-state index in [2.05, 4.69) is 5.32 Å². The Morgan fingerprint density at radius 1 is 0.841 bits per heavy atom. The molecule has 2 aromatic carbocycles. The number of carbonyl (C=O) groups excluding carboxylic acids is 2. The Bertz CT molecular complexity index is 1730. The van der Waals surface area contributed by atoms with Crippen LogP contribution < -0.4 is 19.5 Å². The Kier molecular flexibility index (Phi) is 10.4. The van der Waals surface area contributed by atoms with E-state index in [9.17, 15) is 19.2 Å². The molecule has 2 aromatic heterocycles. The van der Waals surface area contributed by atoms with E-state index in [4.69, 9.17) is 24.4 Å². The van der Waals surface area contributed by atoms with Crippen molar-refractivity contribution in [3.05, 3.63) is 45.9 Å². The number of anilines is 1. The SMILES string of the molecule is CNc1cc2sc(C(=O)C[C@H](C)C(=O)O)cc2cc1OCCCOc1c(OC)cc2sc(C(=O)C[C@H](C)C(=O)O)cc2c1F. The summed E-state index contributed by atoms with van der Waals surface area (Å²) in [6.45, 7) is 3.27. The quantitative estimate of drug-likeness (QED) is 0.0884. The fraction of sp³-hybridized carbons (Fsp3) is 0.355. The van der Waals surface area contributed by atoms with Crippen LogP contribution in [-0.2, 0) is 9.59 Å². The summed E-state index contributed by atoms with van der Waals surface area (Å²) in [5.41, 5.74) is 0.705. The largest absolute Gasteiger partial charge is 0.493 e. The summed E-state index contributed by atoms with van der Waals surface area (Å²) in [6.07, 6.45) is 0.118. The first kappa shape index (κ1) is 32.7. The molecule has 10 nitrogen and oxygen atoms in total. The number of ketones is 2. The number of Topliss-reactive ketones (excluding diaryl/α,β-unsaturated/α-hetero) is 2. The van der Waals surface area contributed by atoms with E-state index >= 15 is 4.39 Å². The molecular formula is C31H32FNO9S2. The van der Waals surface area contributed by atoms with E-state index in [0.717, 1.165) is 21.4 Å². The zero-order valence-electron chi connectivity index (χ0n) is 24.5. The van der Waals surface area contributed by atoms with Crippen LogP contribution in [0.1, 0.15) is 52.5 Å². The van der Waals surface area contributed by atoms with Gasteiger partial charge in [-0.05, 0) is 29.7 Å². The zero-order valence-corrected chi connectivity index (χ0v) is 26.2. The Hall–Kier alpha value is -4.23. The van der Waals surface area contributed by atoms with E-state index in [1.807, 2.05) is 6.07 Å². The zero-order chi connectivity index (χ0) is 32.1. The predicted molar refractivity (Wildman–Crippen MR) is 167 cm³/mol. The normalized spacial score (nSPS) is 12.6. The summed E-state index contributed by atoms with van der Waals surface area (Å²) in [6, 6.07) is 8.39. The lowest BCUT2D eigenvalue weighted by atomic mass is 10.0. The number of nitrogens with one attached hydrogen (secondary N) is 1. The lowest BCUT2D eigenvalue weighted by molar-refractivity contribution is -0.141. The lowest BCUT2D eigenvalue weighted by Crippen LogP contribution is -2.13. The number of carboxylic acid groups (broad SMARTS) is 2. The van der Waals surface area contributed by atoms with Gasteiger partial charge >= 0.3 is 11.9 Å². The molecule has 234 valence electrons. The van der Waals surface area contributed by atoms with E-state index in [1.54, 1.807) is 25.2 Å². The molecule has 2 atom stereocenters. The number of carboxylic acids is 2. The van der Waals surface area contributed by atoms with Crippen molar-refractivity contribution in [2.75, 3.05) is 32.7 Å². The van der Waals surface area contributed by atoms with Gasteiger partial charge in [0.25, 0.3) is 0 Å². The van der Waals surface area contributed by atoms with Crippen molar-refractivity contribution in [2.24, 2.45) is 11.8 Å². The molecule has 0 saturated heterocycles. The Balaban J connectivity index is 1.41. The molecule has 0 aliphatic rings. The topological polar surface area (TPSA) is 148 Å². The van der Waals surface area contributed by atoms with Crippen LogP contribution in [0.4, 0.5) is 10.1 Å². The van der Waals surface area contributed by atoms with Crippen molar-refractivity contribution in [2.45, 2.75) is 33.1 Å². The highest BCUT2D eigenvalue weighted by Gasteiger charge is 2.23. The third-order valence-corrected chi connectivity index (χ3v) is 9.22.